The number of aromatic nitrogens is 2. The van der Waals surface area contributed by atoms with Gasteiger partial charge in [0.05, 0.1) is 38.7 Å². The van der Waals surface area contributed by atoms with Gasteiger partial charge in [-0.2, -0.15) is 36.7 Å². The Morgan fingerprint density at radius 1 is 1.05 bits per heavy atom. The summed E-state index contributed by atoms with van der Waals surface area (Å²) in [5.74, 6) is -0.551. The molecule has 0 bridgehead atoms. The van der Waals surface area contributed by atoms with Gasteiger partial charge in [0.2, 0.25) is 5.91 Å². The molecular weight excluding hydrogens is 588 g/mol. The molecule has 2 aromatic carbocycles. The van der Waals surface area contributed by atoms with Crippen LogP contribution in [0.15, 0.2) is 59.5 Å². The molecule has 2 fully saturated rings. The molecule has 2 unspecified atom stereocenters. The molecule has 2 atom stereocenters. The summed E-state index contributed by atoms with van der Waals surface area (Å²) in [4.78, 5) is 13.9. The Bertz CT molecular complexity index is 1670. The summed E-state index contributed by atoms with van der Waals surface area (Å²) in [6.07, 6.45) is -9.19. The molecule has 42 heavy (non-hydrogen) atoms. The number of hydrogen-bond acceptors (Lipinski definition) is 6. The van der Waals surface area contributed by atoms with Gasteiger partial charge in [-0.15, -0.1) is 0 Å². The van der Waals surface area contributed by atoms with Crippen molar-refractivity contribution < 1.29 is 39.6 Å². The van der Waals surface area contributed by atoms with Gasteiger partial charge in [0.15, 0.2) is 9.84 Å². The van der Waals surface area contributed by atoms with E-state index in [1.165, 1.54) is 21.7 Å². The molecule has 1 aliphatic carbocycles. The zero-order valence-corrected chi connectivity index (χ0v) is 22.7. The lowest BCUT2D eigenvalue weighted by Gasteiger charge is -2.27. The minimum atomic E-state index is -4.96. The lowest BCUT2D eigenvalue weighted by molar-refractivity contribution is -0.140. The fourth-order valence-electron chi connectivity index (χ4n) is 5.03. The van der Waals surface area contributed by atoms with Crippen LogP contribution in [-0.2, 0) is 27.0 Å². The van der Waals surface area contributed by atoms with E-state index in [4.69, 9.17) is 0 Å². The van der Waals surface area contributed by atoms with Crippen LogP contribution in [0.3, 0.4) is 0 Å². The number of rotatable bonds is 6. The van der Waals surface area contributed by atoms with Gasteiger partial charge < -0.3 is 10.2 Å². The van der Waals surface area contributed by atoms with E-state index >= 15 is 0 Å². The van der Waals surface area contributed by atoms with Crippen molar-refractivity contribution in [3.05, 3.63) is 71.4 Å². The molecule has 1 aliphatic heterocycles. The SMILES string of the molecule is Cc1cc(N2CC(S(=O)(=O)c3ccccc3C(F)(F)F)CC2C(=O)NC2(C#N)CC2)n(-c2ccc(C(F)(F)F)cc2)n1. The van der Waals surface area contributed by atoms with Crippen molar-refractivity contribution in [2.45, 2.75) is 60.3 Å². The van der Waals surface area contributed by atoms with E-state index in [-0.39, 0.29) is 11.5 Å². The van der Waals surface area contributed by atoms with Crippen LogP contribution in [0.5, 0.6) is 0 Å². The molecule has 8 nitrogen and oxygen atoms in total. The second-order valence-corrected chi connectivity index (χ2v) is 12.5. The summed E-state index contributed by atoms with van der Waals surface area (Å²) in [6, 6.07) is 10.0. The highest BCUT2D eigenvalue weighted by Gasteiger charge is 2.51. The molecule has 0 radical (unpaired) electrons. The van der Waals surface area contributed by atoms with E-state index in [2.05, 4.69) is 10.4 Å². The minimum Gasteiger partial charge on any atom is -0.343 e. The van der Waals surface area contributed by atoms with Crippen LogP contribution in [0, 0.1) is 18.3 Å². The van der Waals surface area contributed by atoms with Gasteiger partial charge in [0, 0.05) is 12.6 Å². The Morgan fingerprint density at radius 2 is 1.69 bits per heavy atom. The number of nitriles is 1. The van der Waals surface area contributed by atoms with Gasteiger partial charge in [0.1, 0.15) is 17.4 Å². The Balaban J connectivity index is 1.56. The lowest BCUT2D eigenvalue weighted by Crippen LogP contribution is -2.48. The zero-order valence-electron chi connectivity index (χ0n) is 21.9. The van der Waals surface area contributed by atoms with Crippen LogP contribution in [0.1, 0.15) is 36.1 Å². The summed E-state index contributed by atoms with van der Waals surface area (Å²) in [7, 11) is -4.65. The molecule has 0 spiro atoms. The van der Waals surface area contributed by atoms with Gasteiger partial charge in [0.25, 0.3) is 0 Å². The zero-order chi connectivity index (χ0) is 30.7. The van der Waals surface area contributed by atoms with Crippen molar-refractivity contribution in [2.24, 2.45) is 0 Å². The van der Waals surface area contributed by atoms with Crippen LogP contribution in [0.2, 0.25) is 0 Å². The Morgan fingerprint density at radius 3 is 2.26 bits per heavy atom. The monoisotopic (exact) mass is 611 g/mol. The topological polar surface area (TPSA) is 108 Å². The third kappa shape index (κ3) is 5.42. The van der Waals surface area contributed by atoms with Crippen molar-refractivity contribution in [1.29, 1.82) is 5.26 Å². The Labute approximate surface area is 236 Å². The highest BCUT2D eigenvalue weighted by Crippen LogP contribution is 2.40. The number of halogens is 6. The Kier molecular flexibility index (Phi) is 7.04. The maximum atomic E-state index is 13.7. The number of carbonyl (C=O) groups excluding carboxylic acids is 1. The smallest absolute Gasteiger partial charge is 0.343 e. The first-order valence-corrected chi connectivity index (χ1v) is 14.2. The first-order chi connectivity index (χ1) is 19.6. The molecule has 3 aromatic rings. The van der Waals surface area contributed by atoms with Crippen LogP contribution in [0.25, 0.3) is 5.69 Å². The number of amides is 1. The van der Waals surface area contributed by atoms with Crippen LogP contribution >= 0.6 is 0 Å². The predicted octanol–water partition coefficient (Wildman–Crippen LogP) is 4.81. The summed E-state index contributed by atoms with van der Waals surface area (Å²) < 4.78 is 109. The predicted molar refractivity (Wildman–Crippen MR) is 137 cm³/mol. The molecule has 222 valence electrons. The summed E-state index contributed by atoms with van der Waals surface area (Å²) >= 11 is 0. The maximum absolute atomic E-state index is 13.7. The third-order valence-corrected chi connectivity index (χ3v) is 9.56. The molecule has 1 saturated carbocycles. The number of anilines is 1. The van der Waals surface area contributed by atoms with Crippen LogP contribution in [-0.4, -0.2) is 47.5 Å². The molecule has 2 aliphatic rings. The largest absolute Gasteiger partial charge is 0.417 e. The van der Waals surface area contributed by atoms with E-state index in [1.807, 2.05) is 6.07 Å². The van der Waals surface area contributed by atoms with Gasteiger partial charge in [-0.3, -0.25) is 4.79 Å². The van der Waals surface area contributed by atoms with Gasteiger partial charge in [-0.1, -0.05) is 12.1 Å². The van der Waals surface area contributed by atoms with E-state index < -0.39 is 73.9 Å². The highest BCUT2D eigenvalue weighted by molar-refractivity contribution is 7.92. The molecular formula is C27H23F6N5O3S. The number of aryl methyl sites for hydroxylation is 1. The van der Waals surface area contributed by atoms with Crippen molar-refractivity contribution >= 4 is 21.6 Å². The van der Waals surface area contributed by atoms with Gasteiger partial charge >= 0.3 is 12.4 Å². The second-order valence-electron chi connectivity index (χ2n) is 10.3. The average molecular weight is 612 g/mol. The molecule has 5 rings (SSSR count). The van der Waals surface area contributed by atoms with E-state index in [1.54, 1.807) is 6.92 Å². The molecule has 1 amide bonds. The fourth-order valence-corrected chi connectivity index (χ4v) is 6.94. The number of benzene rings is 2. The van der Waals surface area contributed by atoms with Crippen LogP contribution < -0.4 is 10.2 Å². The molecule has 1 saturated heterocycles. The van der Waals surface area contributed by atoms with Crippen LogP contribution in [0.4, 0.5) is 32.2 Å². The minimum absolute atomic E-state index is 0.149. The first-order valence-electron chi connectivity index (χ1n) is 12.7. The van der Waals surface area contributed by atoms with Gasteiger partial charge in [-0.25, -0.2) is 13.1 Å². The number of carbonyl (C=O) groups is 1. The van der Waals surface area contributed by atoms with Crippen molar-refractivity contribution in [2.75, 3.05) is 11.4 Å². The standard InChI is InChI=1S/C27H23F6N5O3S/c1-16-12-23(38(36-16)18-8-6-17(7-9-18)26(28,29)30)37-14-19(13-21(37)24(39)35-25(15-34)10-11-25)42(40,41)22-5-3-2-4-20(22)27(31,32)33/h2-9,12,19,21H,10-11,13-14H2,1H3,(H,35,39). The quantitative estimate of drug-likeness (QED) is 0.401. The molecule has 2 heterocycles. The van der Waals surface area contributed by atoms with Crippen molar-refractivity contribution in [1.82, 2.24) is 15.1 Å². The molecule has 1 N–H and O–H groups in total. The number of hydrogen-bond donors (Lipinski definition) is 1. The summed E-state index contributed by atoms with van der Waals surface area (Å²) in [6.45, 7) is 1.16. The second kappa shape index (κ2) is 10.0. The Hall–Kier alpha value is -4.06. The average Bonchev–Trinajstić information content (AvgIpc) is 3.36. The van der Waals surface area contributed by atoms with E-state index in [0.717, 1.165) is 36.4 Å². The number of sulfone groups is 1. The fraction of sp³-hybridized carbons (Fsp3) is 0.370. The number of nitrogens with one attached hydrogen (secondary N) is 1. The maximum Gasteiger partial charge on any atom is 0.417 e. The summed E-state index contributed by atoms with van der Waals surface area (Å²) in [5, 5.41) is 14.9. The highest BCUT2D eigenvalue weighted by atomic mass is 32.2. The normalized spacial score (nSPS) is 20.3. The van der Waals surface area contributed by atoms with Crippen molar-refractivity contribution in [3.8, 4) is 11.8 Å². The number of alkyl halides is 6. The first kappa shape index (κ1) is 29.4. The van der Waals surface area contributed by atoms with Crippen molar-refractivity contribution in [3.63, 3.8) is 0 Å². The summed E-state index contributed by atoms with van der Waals surface area (Å²) in [5.41, 5.74) is -2.80. The lowest BCUT2D eigenvalue weighted by atomic mass is 10.1. The van der Waals surface area contributed by atoms with E-state index in [0.29, 0.717) is 24.6 Å². The molecule has 15 heteroatoms. The van der Waals surface area contributed by atoms with E-state index in [9.17, 15) is 44.8 Å². The third-order valence-electron chi connectivity index (χ3n) is 7.38. The molecule has 1 aromatic heterocycles. The van der Waals surface area contributed by atoms with Gasteiger partial charge in [-0.05, 0) is 62.6 Å². The number of nitrogens with zero attached hydrogens (tertiary/aromatic N) is 4.